The smallest absolute Gasteiger partial charge is 0.308 e. The zero-order chi connectivity index (χ0) is 51.4. The summed E-state index contributed by atoms with van der Waals surface area (Å²) >= 11 is 0. The van der Waals surface area contributed by atoms with Gasteiger partial charge in [0, 0.05) is 85.1 Å². The second kappa shape index (κ2) is 22.5. The summed E-state index contributed by atoms with van der Waals surface area (Å²) in [6.45, 7) is 8.84. The molecule has 1 aromatic heterocycles. The molecule has 3 aromatic carbocycles. The minimum Gasteiger partial charge on any atom is -0.423 e. The van der Waals surface area contributed by atoms with Gasteiger partial charge >= 0.3 is 53.7 Å². The molecule has 4 aromatic rings. The number of anilines is 3. The lowest BCUT2D eigenvalue weighted by molar-refractivity contribution is -0.135. The summed E-state index contributed by atoms with van der Waals surface area (Å²) in [7, 11) is 0. The van der Waals surface area contributed by atoms with Gasteiger partial charge < -0.3 is 53.3 Å². The van der Waals surface area contributed by atoms with Crippen LogP contribution in [0.2, 0.25) is 0 Å². The van der Waals surface area contributed by atoms with Crippen molar-refractivity contribution < 1.29 is 100 Å². The average molecular weight is 960 g/mol. The van der Waals surface area contributed by atoms with E-state index in [4.69, 9.17) is 42.6 Å². The van der Waals surface area contributed by atoms with E-state index in [1.54, 1.807) is 0 Å². The molecule has 1 heterocycles. The number of aromatic nitrogens is 2. The van der Waals surface area contributed by atoms with Gasteiger partial charge in [-0.05, 0) is 36.4 Å². The van der Waals surface area contributed by atoms with Gasteiger partial charge in [0.25, 0.3) is 17.7 Å². The van der Waals surface area contributed by atoms with E-state index in [9.17, 15) is 57.5 Å². The van der Waals surface area contributed by atoms with Crippen LogP contribution in [0.5, 0.6) is 51.7 Å². The lowest BCUT2D eigenvalue weighted by Gasteiger charge is -2.16. The summed E-state index contributed by atoms with van der Waals surface area (Å²) < 4.78 is 46.0. The molecule has 0 aliphatic carbocycles. The van der Waals surface area contributed by atoms with E-state index in [2.05, 4.69) is 25.9 Å². The Bertz CT molecular complexity index is 2440. The minimum absolute atomic E-state index is 0.430. The zero-order valence-electron chi connectivity index (χ0n) is 37.5. The van der Waals surface area contributed by atoms with Crippen LogP contribution in [0, 0.1) is 0 Å². The molecular weight excluding hydrogens is 922 g/mol. The van der Waals surface area contributed by atoms with Crippen LogP contribution in [-0.2, 0) is 43.2 Å². The van der Waals surface area contributed by atoms with E-state index in [1.807, 2.05) is 0 Å². The molecule has 0 saturated carbocycles. The Kier molecular flexibility index (Phi) is 17.0. The highest BCUT2D eigenvalue weighted by atomic mass is 16.6. The van der Waals surface area contributed by atoms with E-state index in [1.165, 1.54) is 0 Å². The first kappa shape index (κ1) is 52.0. The number of carbonyl (C=O) groups excluding carboxylic acids is 12. The molecule has 0 radical (unpaired) electrons. The predicted molar refractivity (Wildman–Crippen MR) is 227 cm³/mol. The van der Waals surface area contributed by atoms with Crippen molar-refractivity contribution in [2.75, 3.05) is 16.0 Å². The molecule has 0 aliphatic heterocycles. The fraction of sp³-hybridized carbons (Fsp3) is 0.209. The molecule has 69 heavy (non-hydrogen) atoms. The Labute approximate surface area is 387 Å². The van der Waals surface area contributed by atoms with E-state index in [0.29, 0.717) is 0 Å². The lowest BCUT2D eigenvalue weighted by atomic mass is 10.1. The summed E-state index contributed by atoms with van der Waals surface area (Å²) in [6.07, 6.45) is 0. The van der Waals surface area contributed by atoms with Gasteiger partial charge in [0.1, 0.15) is 11.6 Å². The fourth-order valence-corrected chi connectivity index (χ4v) is 5.42. The van der Waals surface area contributed by atoms with Crippen molar-refractivity contribution in [1.82, 2.24) is 9.97 Å². The monoisotopic (exact) mass is 959 g/mol. The van der Waals surface area contributed by atoms with Crippen LogP contribution in [0.15, 0.2) is 42.5 Å². The molecule has 0 unspecified atom stereocenters. The van der Waals surface area contributed by atoms with Crippen LogP contribution in [-0.4, -0.2) is 81.4 Å². The largest absolute Gasteiger partial charge is 0.423 e. The number of esters is 9. The van der Waals surface area contributed by atoms with E-state index < -0.39 is 157 Å². The maximum atomic E-state index is 13.9. The number of benzene rings is 3. The molecule has 26 nitrogen and oxygen atoms in total. The normalized spacial score (nSPS) is 10.2. The third kappa shape index (κ3) is 15.2. The minimum atomic E-state index is -1.15. The third-order valence-electron chi connectivity index (χ3n) is 7.54. The molecule has 0 spiro atoms. The van der Waals surface area contributed by atoms with E-state index in [0.717, 1.165) is 105 Å². The van der Waals surface area contributed by atoms with Crippen LogP contribution in [0.3, 0.4) is 0 Å². The number of ether oxygens (including phenoxy) is 9. The maximum Gasteiger partial charge on any atom is 0.308 e. The van der Waals surface area contributed by atoms with Gasteiger partial charge in [0.05, 0.1) is 0 Å². The van der Waals surface area contributed by atoms with Crippen molar-refractivity contribution in [1.29, 1.82) is 0 Å². The van der Waals surface area contributed by atoms with Gasteiger partial charge in [-0.25, -0.2) is 0 Å². The molecule has 360 valence electrons. The van der Waals surface area contributed by atoms with Crippen LogP contribution < -0.4 is 58.6 Å². The van der Waals surface area contributed by atoms with Crippen LogP contribution in [0.25, 0.3) is 0 Å². The molecule has 26 heteroatoms. The van der Waals surface area contributed by atoms with E-state index >= 15 is 0 Å². The van der Waals surface area contributed by atoms with Crippen molar-refractivity contribution in [2.45, 2.75) is 62.3 Å². The molecule has 3 amide bonds. The second-order valence-electron chi connectivity index (χ2n) is 13.6. The SMILES string of the molecule is CC(=O)Oc1cc(C(=O)Nc2cc(NC(=O)c3cc(OC(C)=O)c(OC(C)=O)c(OC(C)=O)c3)nc(NC(=O)c3cc(OC(C)=O)c(OC(C)=O)c(OC(C)=O)c3)n2)cc(OC(C)=O)c1OC(C)=O. The van der Waals surface area contributed by atoms with Crippen molar-refractivity contribution in [3.63, 3.8) is 0 Å². The highest BCUT2D eigenvalue weighted by Crippen LogP contribution is 2.42. The standard InChI is InChI=1S/C43H37N5O21/c1-17(49)61-29-10-26(11-30(62-18(2)50)37(29)67-23(7)55)40(58)44-35-16-36(45-41(59)27-12-31(63-19(3)51)38(68-24(8)56)32(13-27)64-20(4)52)47-43(46-35)48-42(60)28-14-33(65-21(5)53)39(69-25(9)57)34(15-28)66-22(6)54/h10-16H,1-9H3,(H3,44,45,46,47,48,58,59,60). The van der Waals surface area contributed by atoms with Gasteiger partial charge in [-0.2, -0.15) is 9.97 Å². The molecule has 3 N–H and O–H groups in total. The summed E-state index contributed by atoms with van der Waals surface area (Å²) in [4.78, 5) is 158. The number of hydrogen-bond acceptors (Lipinski definition) is 23. The Balaban J connectivity index is 1.91. The number of nitrogens with zero attached hydrogens (tertiary/aromatic N) is 2. The topological polar surface area (TPSA) is 350 Å². The highest BCUT2D eigenvalue weighted by Gasteiger charge is 2.27. The number of carbonyl (C=O) groups is 12. The van der Waals surface area contributed by atoms with Gasteiger partial charge in [-0.15, -0.1) is 0 Å². The first-order valence-electron chi connectivity index (χ1n) is 19.3. The van der Waals surface area contributed by atoms with Crippen molar-refractivity contribution >= 4 is 89.0 Å². The quantitative estimate of drug-likeness (QED) is 0.113. The Morgan fingerprint density at radius 2 is 0.507 bits per heavy atom. The summed E-state index contributed by atoms with van der Waals surface area (Å²) in [5.41, 5.74) is -1.31. The van der Waals surface area contributed by atoms with Crippen molar-refractivity contribution in [2.24, 2.45) is 0 Å². The van der Waals surface area contributed by atoms with Crippen LogP contribution in [0.1, 0.15) is 93.4 Å². The van der Waals surface area contributed by atoms with Crippen molar-refractivity contribution in [3.8, 4) is 51.7 Å². The Morgan fingerprint density at radius 3 is 0.710 bits per heavy atom. The summed E-state index contributed by atoms with van der Waals surface area (Å²) in [6, 6.07) is 6.48. The molecule has 0 aliphatic rings. The average Bonchev–Trinajstić information content (AvgIpc) is 3.19. The highest BCUT2D eigenvalue weighted by molar-refractivity contribution is 6.08. The molecule has 0 atom stereocenters. The second-order valence-corrected chi connectivity index (χ2v) is 13.6. The summed E-state index contributed by atoms with van der Waals surface area (Å²) in [5.74, 6) is -18.6. The number of rotatable bonds is 15. The number of amides is 3. The molecule has 0 saturated heterocycles. The first-order chi connectivity index (χ1) is 32.3. The van der Waals surface area contributed by atoms with Gasteiger partial charge in [-0.3, -0.25) is 62.9 Å². The number of nitrogens with one attached hydrogen (secondary N) is 3. The maximum absolute atomic E-state index is 13.9. The molecule has 0 fully saturated rings. The Hall–Kier alpha value is -9.62. The van der Waals surface area contributed by atoms with Crippen LogP contribution in [0.4, 0.5) is 17.6 Å². The first-order valence-corrected chi connectivity index (χ1v) is 19.3. The van der Waals surface area contributed by atoms with Crippen LogP contribution >= 0.6 is 0 Å². The molecule has 4 rings (SSSR count). The van der Waals surface area contributed by atoms with E-state index in [-0.39, 0.29) is 0 Å². The molecule has 0 bridgehead atoms. The Morgan fingerprint density at radius 1 is 0.304 bits per heavy atom. The lowest BCUT2D eigenvalue weighted by Crippen LogP contribution is -2.20. The third-order valence-corrected chi connectivity index (χ3v) is 7.54. The van der Waals surface area contributed by atoms with Crippen molar-refractivity contribution in [3.05, 3.63) is 59.2 Å². The van der Waals surface area contributed by atoms with Gasteiger partial charge in [0.2, 0.25) is 23.2 Å². The predicted octanol–water partition coefficient (Wildman–Crippen LogP) is 3.56. The molecular formula is C43H37N5O21. The zero-order valence-corrected chi connectivity index (χ0v) is 37.5. The van der Waals surface area contributed by atoms with Gasteiger partial charge in [-0.1, -0.05) is 0 Å². The number of hydrogen-bond donors (Lipinski definition) is 3. The summed E-state index contributed by atoms with van der Waals surface area (Å²) in [5, 5.41) is 6.99. The van der Waals surface area contributed by atoms with Gasteiger partial charge in [0.15, 0.2) is 34.5 Å². The fourth-order valence-electron chi connectivity index (χ4n) is 5.42.